The van der Waals surface area contributed by atoms with Gasteiger partial charge in [-0.2, -0.15) is 0 Å². The molecule has 0 aliphatic carbocycles. The van der Waals surface area contributed by atoms with E-state index in [2.05, 4.69) is 6.58 Å². The Labute approximate surface area is 97.1 Å². The van der Waals surface area contributed by atoms with Gasteiger partial charge in [-0.3, -0.25) is 0 Å². The van der Waals surface area contributed by atoms with Crippen molar-refractivity contribution in [2.75, 3.05) is 26.0 Å². The second-order valence-electron chi connectivity index (χ2n) is 3.49. The molecule has 0 aromatic carbocycles. The van der Waals surface area contributed by atoms with Gasteiger partial charge >= 0.3 is 5.97 Å². The standard InChI is InChI=1S/C10H19NO4S/c1-5-16(13,14)11(4)7-6-8-15-10(12)9(2)3/h2,5-8H2,1,3-4H3. The van der Waals surface area contributed by atoms with E-state index in [4.69, 9.17) is 4.74 Å². The Balaban J connectivity index is 3.84. The van der Waals surface area contributed by atoms with Crippen molar-refractivity contribution in [2.24, 2.45) is 0 Å². The molecule has 0 N–H and O–H groups in total. The maximum absolute atomic E-state index is 11.3. The molecule has 6 heteroatoms. The van der Waals surface area contributed by atoms with Crippen LogP contribution in [0.3, 0.4) is 0 Å². The zero-order valence-corrected chi connectivity index (χ0v) is 10.8. The summed E-state index contributed by atoms with van der Waals surface area (Å²) in [5.74, 6) is -0.365. The molecule has 0 bridgehead atoms. The summed E-state index contributed by atoms with van der Waals surface area (Å²) in [5.41, 5.74) is 0.342. The van der Waals surface area contributed by atoms with Crippen molar-refractivity contribution in [3.05, 3.63) is 12.2 Å². The van der Waals surface area contributed by atoms with E-state index in [1.54, 1.807) is 13.8 Å². The molecule has 5 nitrogen and oxygen atoms in total. The third kappa shape index (κ3) is 5.27. The fourth-order valence-electron chi connectivity index (χ4n) is 0.935. The molecule has 0 saturated heterocycles. The largest absolute Gasteiger partial charge is 0.462 e. The maximum Gasteiger partial charge on any atom is 0.333 e. The van der Waals surface area contributed by atoms with Gasteiger partial charge in [0.15, 0.2) is 0 Å². The van der Waals surface area contributed by atoms with E-state index in [1.165, 1.54) is 11.4 Å². The first-order chi connectivity index (χ1) is 7.31. The molecule has 0 aromatic heterocycles. The van der Waals surface area contributed by atoms with E-state index in [1.807, 2.05) is 0 Å². The molecule has 0 spiro atoms. The molecule has 0 rings (SSSR count). The Bertz CT molecular complexity index is 348. The third-order valence-corrected chi connectivity index (χ3v) is 3.90. The van der Waals surface area contributed by atoms with Crippen LogP contribution < -0.4 is 0 Å². The summed E-state index contributed by atoms with van der Waals surface area (Å²) in [6, 6.07) is 0. The van der Waals surface area contributed by atoms with Crippen LogP contribution in [0.5, 0.6) is 0 Å². The predicted octanol–water partition coefficient (Wildman–Crippen LogP) is 0.777. The van der Waals surface area contributed by atoms with Crippen LogP contribution in [-0.4, -0.2) is 44.6 Å². The molecule has 0 aliphatic heterocycles. The maximum atomic E-state index is 11.3. The number of esters is 1. The third-order valence-electron chi connectivity index (χ3n) is 2.04. The Hall–Kier alpha value is -0.880. The highest BCUT2D eigenvalue weighted by molar-refractivity contribution is 7.89. The minimum absolute atomic E-state index is 0.0784. The van der Waals surface area contributed by atoms with Gasteiger partial charge in [0.05, 0.1) is 12.4 Å². The Morgan fingerprint density at radius 1 is 1.44 bits per heavy atom. The number of carbonyl (C=O) groups excluding carboxylic acids is 1. The van der Waals surface area contributed by atoms with Crippen molar-refractivity contribution in [2.45, 2.75) is 20.3 Å². The number of rotatable bonds is 7. The van der Waals surface area contributed by atoms with Gasteiger partial charge < -0.3 is 4.74 Å². The normalized spacial score (nSPS) is 11.5. The van der Waals surface area contributed by atoms with Gasteiger partial charge in [0.2, 0.25) is 10.0 Å². The van der Waals surface area contributed by atoms with E-state index in [0.29, 0.717) is 18.5 Å². The zero-order valence-electron chi connectivity index (χ0n) is 10.0. The Morgan fingerprint density at radius 2 is 2.00 bits per heavy atom. The van der Waals surface area contributed by atoms with Gasteiger partial charge in [-0.05, 0) is 20.3 Å². The van der Waals surface area contributed by atoms with Crippen LogP contribution in [0.4, 0.5) is 0 Å². The van der Waals surface area contributed by atoms with Crippen molar-refractivity contribution < 1.29 is 17.9 Å². The summed E-state index contributed by atoms with van der Waals surface area (Å²) < 4.78 is 28.8. The van der Waals surface area contributed by atoms with Gasteiger partial charge in [0.1, 0.15) is 0 Å². The molecular formula is C10H19NO4S. The van der Waals surface area contributed by atoms with Gasteiger partial charge in [0, 0.05) is 19.2 Å². The van der Waals surface area contributed by atoms with Crippen molar-refractivity contribution in [1.82, 2.24) is 4.31 Å². The highest BCUT2D eigenvalue weighted by Gasteiger charge is 2.14. The fraction of sp³-hybridized carbons (Fsp3) is 0.700. The SMILES string of the molecule is C=C(C)C(=O)OCCCN(C)S(=O)(=O)CC. The molecule has 0 amide bonds. The first-order valence-electron chi connectivity index (χ1n) is 5.08. The highest BCUT2D eigenvalue weighted by Crippen LogP contribution is 2.00. The summed E-state index contributed by atoms with van der Waals surface area (Å²) in [6.07, 6.45) is 0.481. The van der Waals surface area contributed by atoms with Crippen molar-refractivity contribution >= 4 is 16.0 Å². The van der Waals surface area contributed by atoms with E-state index in [-0.39, 0.29) is 12.4 Å². The van der Waals surface area contributed by atoms with Gasteiger partial charge in [0.25, 0.3) is 0 Å². The summed E-state index contributed by atoms with van der Waals surface area (Å²) in [5, 5.41) is 0. The Kier molecular flexibility index (Phi) is 6.28. The summed E-state index contributed by atoms with van der Waals surface area (Å²) >= 11 is 0. The summed E-state index contributed by atoms with van der Waals surface area (Å²) in [7, 11) is -1.63. The molecule has 0 fully saturated rings. The lowest BCUT2D eigenvalue weighted by molar-refractivity contribution is -0.139. The smallest absolute Gasteiger partial charge is 0.333 e. The van der Waals surface area contributed by atoms with Crippen LogP contribution in [0.1, 0.15) is 20.3 Å². The lowest BCUT2D eigenvalue weighted by Gasteiger charge is -2.15. The van der Waals surface area contributed by atoms with E-state index in [9.17, 15) is 13.2 Å². The number of hydrogen-bond donors (Lipinski definition) is 0. The van der Waals surface area contributed by atoms with Crippen molar-refractivity contribution in [3.8, 4) is 0 Å². The van der Waals surface area contributed by atoms with Crippen LogP contribution in [-0.2, 0) is 19.6 Å². The zero-order chi connectivity index (χ0) is 12.8. The van der Waals surface area contributed by atoms with Crippen LogP contribution in [0.25, 0.3) is 0 Å². The van der Waals surface area contributed by atoms with Crippen LogP contribution in [0, 0.1) is 0 Å². The molecule has 0 atom stereocenters. The predicted molar refractivity (Wildman–Crippen MR) is 62.5 cm³/mol. The van der Waals surface area contributed by atoms with Crippen LogP contribution in [0.15, 0.2) is 12.2 Å². The monoisotopic (exact) mass is 249 g/mol. The van der Waals surface area contributed by atoms with E-state index < -0.39 is 16.0 Å². The number of carbonyl (C=O) groups is 1. The second-order valence-corrected chi connectivity index (χ2v) is 5.86. The highest BCUT2D eigenvalue weighted by atomic mass is 32.2. The van der Waals surface area contributed by atoms with Gasteiger partial charge in [-0.25, -0.2) is 17.5 Å². The molecule has 16 heavy (non-hydrogen) atoms. The fourth-order valence-corrected chi connectivity index (χ4v) is 1.78. The number of nitrogens with zero attached hydrogens (tertiary/aromatic N) is 1. The molecule has 0 heterocycles. The molecule has 94 valence electrons. The number of hydrogen-bond acceptors (Lipinski definition) is 4. The molecule has 0 radical (unpaired) electrons. The first kappa shape index (κ1) is 15.1. The summed E-state index contributed by atoms with van der Waals surface area (Å²) in [4.78, 5) is 11.0. The minimum Gasteiger partial charge on any atom is -0.462 e. The van der Waals surface area contributed by atoms with E-state index >= 15 is 0 Å². The molecule has 0 saturated carbocycles. The molecule has 0 aromatic rings. The lowest BCUT2D eigenvalue weighted by Crippen LogP contribution is -2.30. The van der Waals surface area contributed by atoms with Crippen molar-refractivity contribution in [3.63, 3.8) is 0 Å². The van der Waals surface area contributed by atoms with Gasteiger partial charge in [-0.15, -0.1) is 0 Å². The first-order valence-corrected chi connectivity index (χ1v) is 6.68. The average Bonchev–Trinajstić information content (AvgIpc) is 2.23. The molecule has 0 unspecified atom stereocenters. The van der Waals surface area contributed by atoms with Gasteiger partial charge in [-0.1, -0.05) is 6.58 Å². The number of sulfonamides is 1. The van der Waals surface area contributed by atoms with Crippen molar-refractivity contribution in [1.29, 1.82) is 0 Å². The minimum atomic E-state index is -3.14. The van der Waals surface area contributed by atoms with Crippen LogP contribution >= 0.6 is 0 Å². The summed E-state index contributed by atoms with van der Waals surface area (Å²) in [6.45, 7) is 7.15. The van der Waals surface area contributed by atoms with E-state index in [0.717, 1.165) is 0 Å². The number of ether oxygens (including phenoxy) is 1. The van der Waals surface area contributed by atoms with Crippen LogP contribution in [0.2, 0.25) is 0 Å². The second kappa shape index (κ2) is 6.65. The lowest BCUT2D eigenvalue weighted by atomic mass is 10.3. The molecular weight excluding hydrogens is 230 g/mol. The quantitative estimate of drug-likeness (QED) is 0.380. The average molecular weight is 249 g/mol. The topological polar surface area (TPSA) is 63.7 Å². The Morgan fingerprint density at radius 3 is 2.44 bits per heavy atom. The molecule has 0 aliphatic rings.